The number of aryl methyl sites for hydroxylation is 4. The molecule has 4 heteroatoms. The minimum Gasteiger partial charge on any atom is -0.230 e. The van der Waals surface area contributed by atoms with E-state index < -0.39 is 0 Å². The van der Waals surface area contributed by atoms with Crippen molar-refractivity contribution in [2.45, 2.75) is 168 Å². The molecule has 0 amide bonds. The summed E-state index contributed by atoms with van der Waals surface area (Å²) in [5.41, 5.74) is 5.62. The van der Waals surface area contributed by atoms with E-state index in [0.29, 0.717) is 0 Å². The van der Waals surface area contributed by atoms with Gasteiger partial charge in [-0.1, -0.05) is 115 Å². The standard InChI is InChI=1S/C40H64N4/c1-3-5-7-9-15-23-31-41-35-43(39-29-21-19-27-37(39)41)33-25-17-13-11-12-14-18-26-34-44-36-42(32-24-16-10-8-6-4-2)38-28-20-22-30-40(38)44/h19-22,27-30,35-36H,3-18,23-26,31-34H2,1-2H3/q+2. The first kappa shape index (κ1) is 34.3. The largest absolute Gasteiger partial charge is 0.244 e. The molecule has 242 valence electrons. The normalized spacial score (nSPS) is 11.8. The molecule has 2 aromatic carbocycles. The molecule has 0 saturated heterocycles. The number of rotatable bonds is 25. The first-order valence-corrected chi connectivity index (χ1v) is 18.8. The van der Waals surface area contributed by atoms with E-state index in [2.05, 4.69) is 93.3 Å². The Morgan fingerprint density at radius 1 is 0.409 bits per heavy atom. The lowest BCUT2D eigenvalue weighted by Crippen LogP contribution is -2.32. The summed E-state index contributed by atoms with van der Waals surface area (Å²) in [4.78, 5) is 0. The van der Waals surface area contributed by atoms with Gasteiger partial charge in [-0.25, -0.2) is 18.3 Å². The summed E-state index contributed by atoms with van der Waals surface area (Å²) in [7, 11) is 0. The Hall–Kier alpha value is -2.62. The van der Waals surface area contributed by atoms with E-state index in [4.69, 9.17) is 0 Å². The SMILES string of the molecule is CCCCCCCCn1c[n+](CCCCCCCCCC[n+]2cn(CCCCCCCC)c3ccccc32)c2ccccc21. The van der Waals surface area contributed by atoms with Crippen molar-refractivity contribution in [1.29, 1.82) is 0 Å². The number of hydrogen-bond donors (Lipinski definition) is 0. The van der Waals surface area contributed by atoms with E-state index in [9.17, 15) is 0 Å². The second-order valence-corrected chi connectivity index (χ2v) is 13.3. The fraction of sp³-hybridized carbons (Fsp3) is 0.650. The third-order valence-corrected chi connectivity index (χ3v) is 9.61. The Morgan fingerprint density at radius 3 is 1.16 bits per heavy atom. The minimum atomic E-state index is 1.15. The van der Waals surface area contributed by atoms with E-state index in [1.807, 2.05) is 0 Å². The number of unbranched alkanes of at least 4 members (excludes halogenated alkanes) is 17. The molecular weight excluding hydrogens is 536 g/mol. The molecule has 4 aromatic rings. The second kappa shape index (κ2) is 20.4. The van der Waals surface area contributed by atoms with Gasteiger partial charge in [-0.05, 0) is 75.6 Å². The maximum Gasteiger partial charge on any atom is 0.244 e. The van der Waals surface area contributed by atoms with Gasteiger partial charge in [0.25, 0.3) is 0 Å². The molecule has 44 heavy (non-hydrogen) atoms. The Morgan fingerprint density at radius 2 is 0.750 bits per heavy atom. The van der Waals surface area contributed by atoms with Crippen LogP contribution in [0.4, 0.5) is 0 Å². The van der Waals surface area contributed by atoms with Crippen LogP contribution >= 0.6 is 0 Å². The molecule has 4 rings (SSSR count). The summed E-state index contributed by atoms with van der Waals surface area (Å²) in [6, 6.07) is 18.0. The van der Waals surface area contributed by atoms with Gasteiger partial charge in [0.05, 0.1) is 26.2 Å². The molecule has 0 spiro atoms. The zero-order chi connectivity index (χ0) is 30.7. The Bertz CT molecular complexity index is 1210. The summed E-state index contributed by atoms with van der Waals surface area (Å²) in [5.74, 6) is 0. The average Bonchev–Trinajstić information content (AvgIpc) is 3.59. The molecule has 0 fully saturated rings. The van der Waals surface area contributed by atoms with Gasteiger partial charge in [0.1, 0.15) is 0 Å². The Labute approximate surface area is 269 Å². The molecule has 0 unspecified atom stereocenters. The van der Waals surface area contributed by atoms with E-state index >= 15 is 0 Å². The smallest absolute Gasteiger partial charge is 0.230 e. The van der Waals surface area contributed by atoms with Crippen LogP contribution in [0.15, 0.2) is 61.2 Å². The Kier molecular flexibility index (Phi) is 15.9. The van der Waals surface area contributed by atoms with Crippen molar-refractivity contribution < 1.29 is 9.13 Å². The van der Waals surface area contributed by atoms with Crippen molar-refractivity contribution in [3.05, 3.63) is 61.2 Å². The number of nitrogens with zero attached hydrogens (tertiary/aromatic N) is 4. The molecule has 0 saturated carbocycles. The van der Waals surface area contributed by atoms with Gasteiger partial charge < -0.3 is 0 Å². The predicted molar refractivity (Wildman–Crippen MR) is 188 cm³/mol. The first-order valence-electron chi connectivity index (χ1n) is 18.8. The van der Waals surface area contributed by atoms with Gasteiger partial charge in [-0.15, -0.1) is 0 Å². The number of hydrogen-bond acceptors (Lipinski definition) is 0. The van der Waals surface area contributed by atoms with Crippen LogP contribution in [0.2, 0.25) is 0 Å². The number of benzene rings is 2. The monoisotopic (exact) mass is 601 g/mol. The molecule has 4 nitrogen and oxygen atoms in total. The van der Waals surface area contributed by atoms with Gasteiger partial charge in [-0.2, -0.15) is 0 Å². The molecule has 0 atom stereocenters. The topological polar surface area (TPSA) is 17.6 Å². The zero-order valence-electron chi connectivity index (χ0n) is 28.5. The first-order chi connectivity index (χ1) is 21.8. The summed E-state index contributed by atoms with van der Waals surface area (Å²) >= 11 is 0. The fourth-order valence-corrected chi connectivity index (χ4v) is 6.95. The van der Waals surface area contributed by atoms with Crippen molar-refractivity contribution in [3.8, 4) is 0 Å². The number of para-hydroxylation sites is 4. The number of imidazole rings is 2. The highest BCUT2D eigenvalue weighted by Gasteiger charge is 2.15. The molecule has 2 heterocycles. The van der Waals surface area contributed by atoms with Crippen LogP contribution in [-0.2, 0) is 26.2 Å². The Balaban J connectivity index is 1.08. The van der Waals surface area contributed by atoms with E-state index in [0.717, 1.165) is 26.2 Å². The van der Waals surface area contributed by atoms with Crippen LogP contribution in [0.1, 0.15) is 142 Å². The number of fused-ring (bicyclic) bond motifs is 2. The molecule has 0 radical (unpaired) electrons. The second-order valence-electron chi connectivity index (χ2n) is 13.3. The number of aromatic nitrogens is 4. The molecule has 0 bridgehead atoms. The fourth-order valence-electron chi connectivity index (χ4n) is 6.95. The molecule has 0 N–H and O–H groups in total. The van der Waals surface area contributed by atoms with Crippen molar-refractivity contribution in [1.82, 2.24) is 9.13 Å². The van der Waals surface area contributed by atoms with Crippen LogP contribution in [0.25, 0.3) is 22.1 Å². The highest BCUT2D eigenvalue weighted by molar-refractivity contribution is 5.72. The summed E-state index contributed by atoms with van der Waals surface area (Å²) in [6.07, 6.45) is 31.9. The highest BCUT2D eigenvalue weighted by Crippen LogP contribution is 2.16. The van der Waals surface area contributed by atoms with Crippen molar-refractivity contribution in [2.24, 2.45) is 0 Å². The summed E-state index contributed by atoms with van der Waals surface area (Å²) in [6.45, 7) is 9.19. The van der Waals surface area contributed by atoms with Crippen LogP contribution in [0, 0.1) is 0 Å². The lowest BCUT2D eigenvalue weighted by Gasteiger charge is -2.02. The van der Waals surface area contributed by atoms with Gasteiger partial charge >= 0.3 is 0 Å². The van der Waals surface area contributed by atoms with Crippen molar-refractivity contribution in [3.63, 3.8) is 0 Å². The maximum absolute atomic E-state index is 2.51. The highest BCUT2D eigenvalue weighted by atomic mass is 15.1. The minimum absolute atomic E-state index is 1.15. The average molecular weight is 601 g/mol. The van der Waals surface area contributed by atoms with Crippen molar-refractivity contribution in [2.75, 3.05) is 0 Å². The van der Waals surface area contributed by atoms with Crippen LogP contribution in [0.5, 0.6) is 0 Å². The summed E-state index contributed by atoms with van der Waals surface area (Å²) < 4.78 is 10.0. The van der Waals surface area contributed by atoms with Crippen LogP contribution in [0.3, 0.4) is 0 Å². The van der Waals surface area contributed by atoms with Gasteiger partial charge in [0.15, 0.2) is 22.1 Å². The van der Waals surface area contributed by atoms with E-state index in [-0.39, 0.29) is 0 Å². The van der Waals surface area contributed by atoms with Crippen molar-refractivity contribution >= 4 is 22.1 Å². The molecule has 2 aromatic heterocycles. The summed E-state index contributed by atoms with van der Waals surface area (Å²) in [5, 5.41) is 0. The quantitative estimate of drug-likeness (QED) is 0.0532. The van der Waals surface area contributed by atoms with Gasteiger partial charge in [0, 0.05) is 0 Å². The third kappa shape index (κ3) is 11.1. The van der Waals surface area contributed by atoms with E-state index in [1.165, 1.54) is 150 Å². The zero-order valence-corrected chi connectivity index (χ0v) is 28.5. The molecule has 0 aliphatic heterocycles. The van der Waals surface area contributed by atoms with Crippen LogP contribution in [-0.4, -0.2) is 9.13 Å². The lowest BCUT2D eigenvalue weighted by molar-refractivity contribution is -0.672. The van der Waals surface area contributed by atoms with E-state index in [1.54, 1.807) is 0 Å². The van der Waals surface area contributed by atoms with Crippen LogP contribution < -0.4 is 9.13 Å². The van der Waals surface area contributed by atoms with Gasteiger partial charge in [-0.3, -0.25) is 0 Å². The van der Waals surface area contributed by atoms with Gasteiger partial charge in [0.2, 0.25) is 12.7 Å². The third-order valence-electron chi connectivity index (χ3n) is 9.61. The predicted octanol–water partition coefficient (Wildman–Crippen LogP) is 10.7. The molecular formula is C40H64N4+2. The maximum atomic E-state index is 2.51. The lowest BCUT2D eigenvalue weighted by atomic mass is 10.1. The molecule has 0 aliphatic carbocycles. The molecule has 0 aliphatic rings.